The molecule has 2 heterocycles. The van der Waals surface area contributed by atoms with Crippen molar-refractivity contribution < 1.29 is 8.91 Å². The summed E-state index contributed by atoms with van der Waals surface area (Å²) in [6, 6.07) is 4.67. The molecule has 0 saturated carbocycles. The maximum absolute atomic E-state index is 13.1. The predicted octanol–water partition coefficient (Wildman–Crippen LogP) is 2.72. The van der Waals surface area contributed by atoms with E-state index in [0.29, 0.717) is 16.2 Å². The van der Waals surface area contributed by atoms with Crippen molar-refractivity contribution in [3.05, 3.63) is 34.4 Å². The SMILES string of the molecule is Fc1ccc(-c2noc(C3CCNC3)n2)cc1Br. The third-order valence-electron chi connectivity index (χ3n) is 3.03. The lowest BCUT2D eigenvalue weighted by Gasteiger charge is -1.99. The Morgan fingerprint density at radius 2 is 2.33 bits per heavy atom. The normalized spacial score (nSPS) is 19.3. The molecule has 0 aliphatic carbocycles. The fourth-order valence-corrected chi connectivity index (χ4v) is 2.40. The second kappa shape index (κ2) is 4.78. The Hall–Kier alpha value is -1.27. The Morgan fingerprint density at radius 3 is 3.06 bits per heavy atom. The van der Waals surface area contributed by atoms with Gasteiger partial charge in [0, 0.05) is 12.1 Å². The number of halogens is 2. The standard InChI is InChI=1S/C12H11BrFN3O/c13-9-5-7(1-2-10(9)14)11-16-12(18-17-11)8-3-4-15-6-8/h1-2,5,8,15H,3-4,6H2. The van der Waals surface area contributed by atoms with E-state index >= 15 is 0 Å². The summed E-state index contributed by atoms with van der Waals surface area (Å²) in [5.74, 6) is 1.13. The Balaban J connectivity index is 1.89. The molecule has 3 rings (SSSR count). The molecule has 1 atom stereocenters. The van der Waals surface area contributed by atoms with Crippen LogP contribution in [0.15, 0.2) is 27.2 Å². The number of nitrogens with zero attached hydrogens (tertiary/aromatic N) is 2. The molecule has 1 unspecified atom stereocenters. The van der Waals surface area contributed by atoms with Crippen molar-refractivity contribution in [1.29, 1.82) is 0 Å². The Labute approximate surface area is 112 Å². The van der Waals surface area contributed by atoms with Gasteiger partial charge in [0.1, 0.15) is 5.82 Å². The molecule has 1 aliphatic heterocycles. The largest absolute Gasteiger partial charge is 0.339 e. The van der Waals surface area contributed by atoms with Crippen LogP contribution in [0.4, 0.5) is 4.39 Å². The van der Waals surface area contributed by atoms with Gasteiger partial charge in [0.05, 0.1) is 10.4 Å². The number of nitrogens with one attached hydrogen (secondary N) is 1. The fraction of sp³-hybridized carbons (Fsp3) is 0.333. The number of aromatic nitrogens is 2. The van der Waals surface area contributed by atoms with Crippen LogP contribution in [0.2, 0.25) is 0 Å². The number of rotatable bonds is 2. The van der Waals surface area contributed by atoms with Gasteiger partial charge in [-0.15, -0.1) is 0 Å². The summed E-state index contributed by atoms with van der Waals surface area (Å²) in [7, 11) is 0. The molecule has 2 aromatic rings. The highest BCUT2D eigenvalue weighted by molar-refractivity contribution is 9.10. The molecule has 1 aromatic carbocycles. The minimum atomic E-state index is -0.303. The van der Waals surface area contributed by atoms with Crippen molar-refractivity contribution in [2.45, 2.75) is 12.3 Å². The molecule has 0 radical (unpaired) electrons. The molecule has 1 aromatic heterocycles. The molecule has 1 saturated heterocycles. The van der Waals surface area contributed by atoms with E-state index in [2.05, 4.69) is 31.4 Å². The molecule has 4 nitrogen and oxygen atoms in total. The summed E-state index contributed by atoms with van der Waals surface area (Å²) in [5.41, 5.74) is 0.740. The third-order valence-corrected chi connectivity index (χ3v) is 3.64. The maximum Gasteiger partial charge on any atom is 0.231 e. The summed E-state index contributed by atoms with van der Waals surface area (Å²) < 4.78 is 18.8. The van der Waals surface area contributed by atoms with Gasteiger partial charge in [0.2, 0.25) is 11.7 Å². The van der Waals surface area contributed by atoms with E-state index in [0.717, 1.165) is 25.1 Å². The topological polar surface area (TPSA) is 51.0 Å². The first kappa shape index (κ1) is 11.8. The zero-order valence-electron chi connectivity index (χ0n) is 9.49. The molecular formula is C12H11BrFN3O. The van der Waals surface area contributed by atoms with Gasteiger partial charge in [-0.3, -0.25) is 0 Å². The van der Waals surface area contributed by atoms with Crippen LogP contribution in [-0.4, -0.2) is 23.2 Å². The predicted molar refractivity (Wildman–Crippen MR) is 67.6 cm³/mol. The summed E-state index contributed by atoms with van der Waals surface area (Å²) in [6.07, 6.45) is 1.01. The summed E-state index contributed by atoms with van der Waals surface area (Å²) in [4.78, 5) is 4.37. The number of hydrogen-bond acceptors (Lipinski definition) is 4. The average Bonchev–Trinajstić information content (AvgIpc) is 3.01. The van der Waals surface area contributed by atoms with E-state index in [1.165, 1.54) is 6.07 Å². The maximum atomic E-state index is 13.1. The first-order chi connectivity index (χ1) is 8.74. The first-order valence-electron chi connectivity index (χ1n) is 5.74. The summed E-state index contributed by atoms with van der Waals surface area (Å²) in [6.45, 7) is 1.85. The molecule has 0 amide bonds. The van der Waals surface area contributed by atoms with E-state index in [1.807, 2.05) is 0 Å². The fourth-order valence-electron chi connectivity index (χ4n) is 2.02. The molecule has 1 aliphatic rings. The van der Waals surface area contributed by atoms with Gasteiger partial charge in [-0.25, -0.2) is 4.39 Å². The Morgan fingerprint density at radius 1 is 1.44 bits per heavy atom. The Kier molecular flexibility index (Phi) is 3.13. The first-order valence-corrected chi connectivity index (χ1v) is 6.53. The minimum Gasteiger partial charge on any atom is -0.339 e. The lowest BCUT2D eigenvalue weighted by Crippen LogP contribution is -2.08. The third kappa shape index (κ3) is 2.18. The van der Waals surface area contributed by atoms with E-state index in [-0.39, 0.29) is 11.7 Å². The summed E-state index contributed by atoms with van der Waals surface area (Å²) in [5, 5.41) is 7.20. The second-order valence-corrected chi connectivity index (χ2v) is 5.13. The van der Waals surface area contributed by atoms with Crippen LogP contribution in [0.5, 0.6) is 0 Å². The van der Waals surface area contributed by atoms with Crippen LogP contribution in [0.3, 0.4) is 0 Å². The van der Waals surface area contributed by atoms with Crippen LogP contribution >= 0.6 is 15.9 Å². The molecule has 6 heteroatoms. The minimum absolute atomic E-state index is 0.287. The molecule has 94 valence electrons. The quantitative estimate of drug-likeness (QED) is 0.926. The molecule has 1 fully saturated rings. The van der Waals surface area contributed by atoms with Crippen LogP contribution in [0.1, 0.15) is 18.2 Å². The van der Waals surface area contributed by atoms with Crippen LogP contribution in [-0.2, 0) is 0 Å². The smallest absolute Gasteiger partial charge is 0.231 e. The molecule has 0 spiro atoms. The lowest BCUT2D eigenvalue weighted by atomic mass is 10.1. The van der Waals surface area contributed by atoms with Gasteiger partial charge in [0.25, 0.3) is 0 Å². The van der Waals surface area contributed by atoms with Crippen molar-refractivity contribution >= 4 is 15.9 Å². The highest BCUT2D eigenvalue weighted by atomic mass is 79.9. The second-order valence-electron chi connectivity index (χ2n) is 4.27. The van der Waals surface area contributed by atoms with E-state index < -0.39 is 0 Å². The monoisotopic (exact) mass is 311 g/mol. The van der Waals surface area contributed by atoms with Crippen molar-refractivity contribution in [3.63, 3.8) is 0 Å². The molecule has 0 bridgehead atoms. The van der Waals surface area contributed by atoms with E-state index in [4.69, 9.17) is 4.52 Å². The van der Waals surface area contributed by atoms with E-state index in [1.54, 1.807) is 12.1 Å². The highest BCUT2D eigenvalue weighted by Crippen LogP contribution is 2.26. The van der Waals surface area contributed by atoms with E-state index in [9.17, 15) is 4.39 Å². The van der Waals surface area contributed by atoms with Crippen LogP contribution in [0, 0.1) is 5.82 Å². The zero-order valence-corrected chi connectivity index (χ0v) is 11.1. The average molecular weight is 312 g/mol. The number of hydrogen-bond donors (Lipinski definition) is 1. The van der Waals surface area contributed by atoms with Gasteiger partial charge in [-0.2, -0.15) is 4.98 Å². The number of benzene rings is 1. The highest BCUT2D eigenvalue weighted by Gasteiger charge is 2.23. The van der Waals surface area contributed by atoms with Gasteiger partial charge in [-0.05, 0) is 47.1 Å². The van der Waals surface area contributed by atoms with Gasteiger partial charge in [-0.1, -0.05) is 5.16 Å². The van der Waals surface area contributed by atoms with Crippen molar-refractivity contribution in [2.75, 3.05) is 13.1 Å². The zero-order chi connectivity index (χ0) is 12.5. The van der Waals surface area contributed by atoms with Crippen LogP contribution < -0.4 is 5.32 Å². The lowest BCUT2D eigenvalue weighted by molar-refractivity contribution is 0.359. The van der Waals surface area contributed by atoms with Crippen LogP contribution in [0.25, 0.3) is 11.4 Å². The van der Waals surface area contributed by atoms with Crippen molar-refractivity contribution in [1.82, 2.24) is 15.5 Å². The molecule has 1 N–H and O–H groups in total. The Bertz CT molecular complexity index is 566. The van der Waals surface area contributed by atoms with Crippen molar-refractivity contribution in [3.8, 4) is 11.4 Å². The van der Waals surface area contributed by atoms with Gasteiger partial charge < -0.3 is 9.84 Å². The molecular weight excluding hydrogens is 301 g/mol. The summed E-state index contributed by atoms with van der Waals surface area (Å²) >= 11 is 3.15. The van der Waals surface area contributed by atoms with Crippen molar-refractivity contribution in [2.24, 2.45) is 0 Å². The molecule has 18 heavy (non-hydrogen) atoms. The van der Waals surface area contributed by atoms with Gasteiger partial charge in [0.15, 0.2) is 0 Å². The van der Waals surface area contributed by atoms with Gasteiger partial charge >= 0.3 is 0 Å².